The molecular weight excluding hydrogens is 470 g/mol. The molecule has 7 heteroatoms. The maximum Gasteiger partial charge on any atom is 0.150 e. The van der Waals surface area contributed by atoms with Crippen molar-refractivity contribution in [3.05, 3.63) is 86.9 Å². The second-order valence-corrected chi connectivity index (χ2v) is 9.77. The molecule has 2 atom stereocenters. The highest BCUT2D eigenvalue weighted by molar-refractivity contribution is 6.34. The normalized spacial score (nSPS) is 20.4. The van der Waals surface area contributed by atoms with Crippen LogP contribution in [0.2, 0.25) is 5.02 Å². The van der Waals surface area contributed by atoms with E-state index in [2.05, 4.69) is 0 Å². The van der Waals surface area contributed by atoms with E-state index in [1.54, 1.807) is 6.07 Å². The summed E-state index contributed by atoms with van der Waals surface area (Å²) in [6, 6.07) is 12.3. The van der Waals surface area contributed by atoms with Crippen molar-refractivity contribution >= 4 is 17.9 Å². The molecule has 2 aliphatic rings. The topological polar surface area (TPSA) is 78.3 Å². The molecule has 0 aromatic heterocycles. The second-order valence-electron chi connectivity index (χ2n) is 9.39. The highest BCUT2D eigenvalue weighted by Crippen LogP contribution is 2.52. The van der Waals surface area contributed by atoms with Crippen molar-refractivity contribution in [1.29, 1.82) is 0 Å². The molecule has 0 amide bonds. The standard InChI is InChI=1S/C28H27ClF2N2O2/c29-26-21(30)13-23-20(14-28(35-23,10-4-5-11-32)17-6-2-1-3-7-17)25(26)24-16(15-34)12-19-18(27(24)31)8-9-22(19)33/h1-3,6-7,12-13,15,22H,4-5,8-11,14,32-33H2. The van der Waals surface area contributed by atoms with Crippen molar-refractivity contribution in [3.63, 3.8) is 0 Å². The average Bonchev–Trinajstić information content (AvgIpc) is 3.42. The van der Waals surface area contributed by atoms with E-state index in [1.165, 1.54) is 6.07 Å². The Bertz CT molecular complexity index is 1300. The van der Waals surface area contributed by atoms with Gasteiger partial charge in [0, 0.05) is 40.8 Å². The Hall–Kier alpha value is -2.80. The molecule has 2 unspecified atom stereocenters. The summed E-state index contributed by atoms with van der Waals surface area (Å²) in [4.78, 5) is 12.1. The quantitative estimate of drug-likeness (QED) is 0.310. The van der Waals surface area contributed by atoms with Crippen molar-refractivity contribution in [1.82, 2.24) is 0 Å². The first kappa shape index (κ1) is 23.9. The van der Waals surface area contributed by atoms with Crippen LogP contribution in [0.5, 0.6) is 5.75 Å². The van der Waals surface area contributed by atoms with Gasteiger partial charge in [0.05, 0.1) is 5.02 Å². The molecule has 4 nitrogen and oxygen atoms in total. The molecule has 0 fully saturated rings. The van der Waals surface area contributed by atoms with Crippen molar-refractivity contribution in [2.75, 3.05) is 6.54 Å². The molecule has 5 rings (SSSR count). The lowest BCUT2D eigenvalue weighted by Gasteiger charge is -2.29. The van der Waals surface area contributed by atoms with Crippen molar-refractivity contribution in [2.24, 2.45) is 11.5 Å². The van der Waals surface area contributed by atoms with Gasteiger partial charge in [-0.05, 0) is 61.4 Å². The van der Waals surface area contributed by atoms with Gasteiger partial charge in [0.25, 0.3) is 0 Å². The Morgan fingerprint density at radius 1 is 1.11 bits per heavy atom. The maximum absolute atomic E-state index is 16.0. The van der Waals surface area contributed by atoms with Gasteiger partial charge in [0.2, 0.25) is 0 Å². The number of hydrogen-bond acceptors (Lipinski definition) is 4. The Morgan fingerprint density at radius 3 is 2.60 bits per heavy atom. The van der Waals surface area contributed by atoms with Crippen LogP contribution in [0.3, 0.4) is 0 Å². The molecule has 0 saturated heterocycles. The highest BCUT2D eigenvalue weighted by Gasteiger charge is 2.43. The third-order valence-electron chi connectivity index (χ3n) is 7.30. The summed E-state index contributed by atoms with van der Waals surface area (Å²) in [6.07, 6.45) is 4.24. The van der Waals surface area contributed by atoms with Gasteiger partial charge in [-0.15, -0.1) is 0 Å². The summed E-state index contributed by atoms with van der Waals surface area (Å²) in [5, 5.41) is -0.220. The number of fused-ring (bicyclic) bond motifs is 2. The molecule has 1 heterocycles. The number of unbranched alkanes of at least 4 members (excludes halogenated alkanes) is 1. The van der Waals surface area contributed by atoms with Gasteiger partial charge in [-0.1, -0.05) is 41.9 Å². The Balaban J connectivity index is 1.71. The molecule has 4 N–H and O–H groups in total. The van der Waals surface area contributed by atoms with Crippen LogP contribution < -0.4 is 16.2 Å². The smallest absolute Gasteiger partial charge is 0.150 e. The molecule has 0 saturated carbocycles. The molecule has 182 valence electrons. The Labute approximate surface area is 208 Å². The van der Waals surface area contributed by atoms with Crippen LogP contribution in [0, 0.1) is 11.6 Å². The van der Waals surface area contributed by atoms with E-state index in [0.29, 0.717) is 61.0 Å². The molecule has 0 bridgehead atoms. The fourth-order valence-electron chi connectivity index (χ4n) is 5.56. The minimum atomic E-state index is -0.776. The SMILES string of the molecule is NCCCCC1(c2ccccc2)Cc2c(cc(F)c(Cl)c2-c2c(C=O)cc3c(c2F)CCC3N)O1. The first-order chi connectivity index (χ1) is 16.9. The van der Waals surface area contributed by atoms with E-state index < -0.39 is 17.2 Å². The molecule has 35 heavy (non-hydrogen) atoms. The number of benzene rings is 3. The molecule has 1 aliphatic carbocycles. The summed E-state index contributed by atoms with van der Waals surface area (Å²) in [7, 11) is 0. The lowest BCUT2D eigenvalue weighted by Crippen LogP contribution is -2.31. The number of hydrogen-bond donors (Lipinski definition) is 2. The van der Waals surface area contributed by atoms with Gasteiger partial charge in [0.1, 0.15) is 23.0 Å². The average molecular weight is 497 g/mol. The van der Waals surface area contributed by atoms with Crippen molar-refractivity contribution < 1.29 is 18.3 Å². The van der Waals surface area contributed by atoms with E-state index in [1.807, 2.05) is 30.3 Å². The van der Waals surface area contributed by atoms with Gasteiger partial charge in [-0.25, -0.2) is 8.78 Å². The minimum absolute atomic E-state index is 0.0167. The minimum Gasteiger partial charge on any atom is -0.482 e. The first-order valence-corrected chi connectivity index (χ1v) is 12.3. The molecule has 3 aromatic carbocycles. The number of rotatable bonds is 7. The van der Waals surface area contributed by atoms with Gasteiger partial charge in [0.15, 0.2) is 6.29 Å². The molecule has 1 aliphatic heterocycles. The van der Waals surface area contributed by atoms with E-state index >= 15 is 8.78 Å². The first-order valence-electron chi connectivity index (χ1n) is 11.9. The third kappa shape index (κ3) is 3.94. The lowest BCUT2D eigenvalue weighted by atomic mass is 9.82. The van der Waals surface area contributed by atoms with Gasteiger partial charge in [-0.3, -0.25) is 4.79 Å². The zero-order valence-corrected chi connectivity index (χ0v) is 20.0. The third-order valence-corrected chi connectivity index (χ3v) is 7.67. The Kier molecular flexibility index (Phi) is 6.38. The summed E-state index contributed by atoms with van der Waals surface area (Å²) < 4.78 is 37.6. The van der Waals surface area contributed by atoms with Crippen LogP contribution in [0.25, 0.3) is 11.1 Å². The molecule has 0 spiro atoms. The second kappa shape index (κ2) is 9.34. The monoisotopic (exact) mass is 496 g/mol. The number of halogens is 3. The summed E-state index contributed by atoms with van der Waals surface area (Å²) in [5.74, 6) is -0.973. The largest absolute Gasteiger partial charge is 0.482 e. The van der Waals surface area contributed by atoms with Crippen LogP contribution in [-0.2, 0) is 18.4 Å². The van der Waals surface area contributed by atoms with Crippen LogP contribution in [-0.4, -0.2) is 12.8 Å². The molecule has 0 radical (unpaired) electrons. The van der Waals surface area contributed by atoms with Gasteiger partial charge >= 0.3 is 0 Å². The van der Waals surface area contributed by atoms with E-state index in [4.69, 9.17) is 27.8 Å². The summed E-state index contributed by atoms with van der Waals surface area (Å²) >= 11 is 6.50. The zero-order valence-electron chi connectivity index (χ0n) is 19.3. The predicted octanol–water partition coefficient (Wildman–Crippen LogP) is 6.00. The number of aldehydes is 1. The zero-order chi connectivity index (χ0) is 24.7. The predicted molar refractivity (Wildman–Crippen MR) is 133 cm³/mol. The van der Waals surface area contributed by atoms with Gasteiger partial charge < -0.3 is 16.2 Å². The molecular formula is C28H27ClF2N2O2. The maximum atomic E-state index is 16.0. The summed E-state index contributed by atoms with van der Waals surface area (Å²) in [6.45, 7) is 0.550. The van der Waals surface area contributed by atoms with E-state index in [-0.39, 0.29) is 27.8 Å². The van der Waals surface area contributed by atoms with Crippen LogP contribution in [0.15, 0.2) is 42.5 Å². The summed E-state index contributed by atoms with van der Waals surface area (Å²) in [5.41, 5.74) is 14.0. The van der Waals surface area contributed by atoms with Crippen LogP contribution >= 0.6 is 11.6 Å². The van der Waals surface area contributed by atoms with Crippen molar-refractivity contribution in [3.8, 4) is 16.9 Å². The van der Waals surface area contributed by atoms with Crippen molar-refractivity contribution in [2.45, 2.75) is 50.2 Å². The lowest BCUT2D eigenvalue weighted by molar-refractivity contribution is 0.0793. The van der Waals surface area contributed by atoms with E-state index in [0.717, 1.165) is 18.4 Å². The van der Waals surface area contributed by atoms with Crippen LogP contribution in [0.4, 0.5) is 8.78 Å². The fourth-order valence-corrected chi connectivity index (χ4v) is 5.82. The Morgan fingerprint density at radius 2 is 1.89 bits per heavy atom. The molecule has 3 aromatic rings. The highest BCUT2D eigenvalue weighted by atomic mass is 35.5. The number of carbonyl (C=O) groups is 1. The van der Waals surface area contributed by atoms with E-state index in [9.17, 15) is 4.79 Å². The van der Waals surface area contributed by atoms with Crippen LogP contribution in [0.1, 0.15) is 64.3 Å². The number of carbonyl (C=O) groups excluding carboxylic acids is 1. The fraction of sp³-hybridized carbons (Fsp3) is 0.321. The number of nitrogens with two attached hydrogens (primary N) is 2. The van der Waals surface area contributed by atoms with Gasteiger partial charge in [-0.2, -0.15) is 0 Å². The number of ether oxygens (including phenoxy) is 1.